The number of rotatable bonds is 15. The summed E-state index contributed by atoms with van der Waals surface area (Å²) in [6, 6.07) is 0. The fourth-order valence-electron chi connectivity index (χ4n) is 2.34. The number of allylic oxidation sites excluding steroid dienone is 2. The van der Waals surface area contributed by atoms with Crippen molar-refractivity contribution < 1.29 is 39.5 Å². The van der Waals surface area contributed by atoms with Gasteiger partial charge in [-0.3, -0.25) is 0 Å². The Bertz CT molecular complexity index is 282. The topological polar surface area (TPSA) is 40.1 Å². The predicted octanol–water partition coefficient (Wildman–Crippen LogP) is 2.50. The number of unbranched alkanes of at least 4 members (excludes halogenated alkanes) is 10. The Kier molecular flexibility index (Phi) is 36.9. The maximum Gasteiger partial charge on any atom is 1.00 e. The molecule has 0 rings (SSSR count). The molecule has 0 N–H and O–H groups in total. The first-order valence-electron chi connectivity index (χ1n) is 9.06. The van der Waals surface area contributed by atoms with Crippen LogP contribution in [0.25, 0.3) is 0 Å². The van der Waals surface area contributed by atoms with Crippen LogP contribution in [0.3, 0.4) is 0 Å². The smallest absolute Gasteiger partial charge is 1.00 e. The molecule has 1 atom stereocenters. The van der Waals surface area contributed by atoms with Crippen molar-refractivity contribution in [1.29, 1.82) is 0 Å². The second-order valence-corrected chi connectivity index (χ2v) is 7.31. The standard InChI is InChI=1S/C18H33IO2.ClH.K.Na/c1-2-3-4-5-6-7-8-9-10-11-12-13-14-15-16-17(19)18(20)21;;;/h9-10,17H,2-8,11-16H2,1H3,(H,20,21);1H;;/q;;2*+1/p-2/b10-9-;;;. The van der Waals surface area contributed by atoms with Crippen molar-refractivity contribution in [2.45, 2.75) is 94.3 Å². The molecule has 0 aromatic heterocycles. The van der Waals surface area contributed by atoms with Gasteiger partial charge in [0.25, 0.3) is 0 Å². The molecule has 0 aliphatic rings. The van der Waals surface area contributed by atoms with Crippen molar-refractivity contribution in [2.75, 3.05) is 0 Å². The first kappa shape index (κ1) is 31.6. The molecule has 0 amide bonds. The van der Waals surface area contributed by atoms with E-state index in [1.165, 1.54) is 64.2 Å². The average Bonchev–Trinajstić information content (AvgIpc) is 2.56. The third kappa shape index (κ3) is 27.1. The van der Waals surface area contributed by atoms with E-state index in [1.807, 2.05) is 22.6 Å². The van der Waals surface area contributed by atoms with Crippen LogP contribution in [0.1, 0.15) is 90.4 Å². The Morgan fingerprint density at radius 1 is 0.958 bits per heavy atom. The van der Waals surface area contributed by atoms with Crippen molar-refractivity contribution >= 4 is 79.5 Å². The van der Waals surface area contributed by atoms with Gasteiger partial charge in [0.05, 0.1) is 9.89 Å². The molecule has 6 heteroatoms. The van der Waals surface area contributed by atoms with Crippen molar-refractivity contribution in [3.05, 3.63) is 12.2 Å². The summed E-state index contributed by atoms with van der Waals surface area (Å²) >= 11 is 2.49. The number of hydrogen-bond acceptors (Lipinski definition) is 2. The maximum atomic E-state index is 10.5. The maximum absolute atomic E-state index is 10.5. The zero-order valence-electron chi connectivity index (χ0n) is 16.0. The molecule has 0 fully saturated rings. The van der Waals surface area contributed by atoms with Crippen molar-refractivity contribution in [1.82, 2.24) is 0 Å². The monoisotopic (exact) mass is 504 g/mol. The Morgan fingerprint density at radius 2 is 1.38 bits per heavy atom. The van der Waals surface area contributed by atoms with Gasteiger partial charge < -0.3 is 9.90 Å². The summed E-state index contributed by atoms with van der Waals surface area (Å²) in [7, 11) is 0. The third-order valence-corrected chi connectivity index (χ3v) is 4.86. The van der Waals surface area contributed by atoms with Gasteiger partial charge in [-0.25, -0.2) is 0 Å². The average molecular weight is 505 g/mol. The summed E-state index contributed by atoms with van der Waals surface area (Å²) in [5.74, 6) is -0.923. The van der Waals surface area contributed by atoms with Crippen LogP contribution in [0, 0.1) is 0 Å². The number of alkyl halides is 1. The molecule has 0 bridgehead atoms. The molecule has 0 saturated carbocycles. The fraction of sp³-hybridized carbons (Fsp3) is 0.833. The van der Waals surface area contributed by atoms with Crippen LogP contribution in [0.2, 0.25) is 0 Å². The minimum atomic E-state index is -0.923. The number of carboxylic acid groups (broad SMARTS) is 1. The second kappa shape index (κ2) is 28.1. The van der Waals surface area contributed by atoms with E-state index in [9.17, 15) is 9.90 Å². The van der Waals surface area contributed by atoms with Gasteiger partial charge in [-0.2, -0.15) is 0 Å². The van der Waals surface area contributed by atoms with E-state index in [1.54, 1.807) is 0 Å². The van der Waals surface area contributed by atoms with Crippen LogP contribution < -0.4 is 34.7 Å². The van der Waals surface area contributed by atoms with Gasteiger partial charge in [-0.1, -0.05) is 93.0 Å². The van der Waals surface area contributed by atoms with Crippen LogP contribution in [0.5, 0.6) is 0 Å². The van der Waals surface area contributed by atoms with Gasteiger partial charge in [-0.15, -0.1) is 0 Å². The molecule has 0 aliphatic carbocycles. The summed E-state index contributed by atoms with van der Waals surface area (Å²) < 4.78 is 4.51. The first-order valence-corrected chi connectivity index (χ1v) is 14.6. The van der Waals surface area contributed by atoms with Gasteiger partial charge >= 0.3 is 80.5 Å². The summed E-state index contributed by atoms with van der Waals surface area (Å²) in [4.78, 5) is 10.5. The van der Waals surface area contributed by atoms with E-state index >= 15 is 0 Å². The number of carbonyl (C=O) groups is 1. The van der Waals surface area contributed by atoms with E-state index in [0.717, 1.165) is 19.3 Å². The van der Waals surface area contributed by atoms with Crippen LogP contribution in [-0.2, 0) is 4.79 Å². The van der Waals surface area contributed by atoms with Gasteiger partial charge in [0.2, 0.25) is 0 Å². The van der Waals surface area contributed by atoms with E-state index in [2.05, 4.69) is 19.1 Å². The van der Waals surface area contributed by atoms with Crippen molar-refractivity contribution in [3.63, 3.8) is 0 Å². The number of aliphatic carboxylic acids is 1. The van der Waals surface area contributed by atoms with Crippen LogP contribution in [0.4, 0.5) is 0 Å². The Morgan fingerprint density at radius 3 is 1.83 bits per heavy atom. The Labute approximate surface area is 221 Å². The molecule has 0 aromatic carbocycles. The van der Waals surface area contributed by atoms with E-state index in [0.29, 0.717) is 47.1 Å². The summed E-state index contributed by atoms with van der Waals surface area (Å²) in [5.41, 5.74) is 0. The molecule has 0 saturated heterocycles. The van der Waals surface area contributed by atoms with Crippen LogP contribution >= 0.6 is 26.4 Å². The van der Waals surface area contributed by atoms with Gasteiger partial charge in [0.1, 0.15) is 0 Å². The molecule has 0 radical (unpaired) electrons. The first-order chi connectivity index (χ1) is 11.2. The molecule has 2 nitrogen and oxygen atoms in total. The van der Waals surface area contributed by atoms with Gasteiger partial charge in [0.15, 0.2) is 0 Å². The summed E-state index contributed by atoms with van der Waals surface area (Å²) in [6.45, 7) is 2.26. The van der Waals surface area contributed by atoms with E-state index < -0.39 is 5.97 Å². The number of carbonyl (C=O) groups excluding carboxylic acids is 1. The third-order valence-electron chi connectivity index (χ3n) is 3.73. The molecule has 1 unspecified atom stereocenters. The zero-order valence-corrected chi connectivity index (χ0v) is 24.0. The quantitative estimate of drug-likeness (QED) is 0.113. The normalized spacial score (nSPS) is 11.5. The minimum absolute atomic E-state index is 0. The zero-order chi connectivity index (χ0) is 17.8. The minimum Gasteiger partial charge on any atom is 1.00 e. The summed E-state index contributed by atoms with van der Waals surface area (Å²) in [6.07, 6.45) is 20.6. The molecular formula is C18H32ClIKNaO2. The van der Waals surface area contributed by atoms with Crippen molar-refractivity contribution in [2.24, 2.45) is 0 Å². The van der Waals surface area contributed by atoms with Crippen LogP contribution in [0.15, 0.2) is 12.2 Å². The molecule has 0 heterocycles. The SMILES string of the molecule is CCCCCCCC/C=C\CCCCCCC(I)C(=O)[O-].[Cl][K].[Na+]. The van der Waals surface area contributed by atoms with Crippen LogP contribution in [-0.4, -0.2) is 57.0 Å². The molecule has 0 spiro atoms. The summed E-state index contributed by atoms with van der Waals surface area (Å²) in [5, 5.41) is 10.5. The van der Waals surface area contributed by atoms with E-state index in [4.69, 9.17) is 3.76 Å². The number of carboxylic acids is 1. The second-order valence-electron chi connectivity index (χ2n) is 5.81. The number of hydrogen-bond donors (Lipinski definition) is 0. The van der Waals surface area contributed by atoms with Crippen molar-refractivity contribution in [3.8, 4) is 0 Å². The fourth-order valence-corrected chi connectivity index (χ4v) is 2.78. The number of halogens is 2. The molecule has 24 heavy (non-hydrogen) atoms. The molecule has 0 aliphatic heterocycles. The largest absolute Gasteiger partial charge is 1.00 e. The Balaban J connectivity index is -0.00000141. The van der Waals surface area contributed by atoms with Gasteiger partial charge in [-0.05, 0) is 32.1 Å². The predicted molar refractivity (Wildman–Crippen MR) is 109 cm³/mol. The van der Waals surface area contributed by atoms with E-state index in [-0.39, 0.29) is 33.5 Å². The molecule has 0 aromatic rings. The molecular weight excluding hydrogens is 473 g/mol. The van der Waals surface area contributed by atoms with Gasteiger partial charge in [0, 0.05) is 0 Å². The Hall–Kier alpha value is 2.87. The molecule has 132 valence electrons.